The molecule has 0 spiro atoms. The van der Waals surface area contributed by atoms with Gasteiger partial charge in [0.05, 0.1) is 11.9 Å². The van der Waals surface area contributed by atoms with E-state index in [9.17, 15) is 13.2 Å². The third-order valence-corrected chi connectivity index (χ3v) is 4.88. The van der Waals surface area contributed by atoms with Gasteiger partial charge in [0.2, 0.25) is 5.91 Å². The van der Waals surface area contributed by atoms with Gasteiger partial charge in [0.25, 0.3) is 0 Å². The first-order valence-electron chi connectivity index (χ1n) is 6.24. The molecule has 0 aromatic carbocycles. The van der Waals surface area contributed by atoms with Crippen LogP contribution in [0.25, 0.3) is 0 Å². The van der Waals surface area contributed by atoms with Crippen LogP contribution in [-0.4, -0.2) is 50.6 Å². The lowest BCUT2D eigenvalue weighted by molar-refractivity contribution is -0.132. The van der Waals surface area contributed by atoms with Gasteiger partial charge >= 0.3 is 0 Å². The van der Waals surface area contributed by atoms with Crippen molar-refractivity contribution in [2.45, 2.75) is 44.9 Å². The second-order valence-corrected chi connectivity index (χ2v) is 7.07. The zero-order valence-electron chi connectivity index (χ0n) is 11.3. The molecule has 1 fully saturated rings. The number of amides is 1. The molecule has 6 nitrogen and oxygen atoms in total. The van der Waals surface area contributed by atoms with E-state index < -0.39 is 22.0 Å². The van der Waals surface area contributed by atoms with Gasteiger partial charge < -0.3 is 15.8 Å². The quantitative estimate of drug-likeness (QED) is 0.710. The van der Waals surface area contributed by atoms with E-state index in [0.29, 0.717) is 13.0 Å². The van der Waals surface area contributed by atoms with Gasteiger partial charge in [-0.05, 0) is 19.8 Å². The lowest BCUT2D eigenvalue weighted by Crippen LogP contribution is -2.43. The molecule has 8 heteroatoms. The fourth-order valence-electron chi connectivity index (χ4n) is 1.95. The van der Waals surface area contributed by atoms with Crippen molar-refractivity contribution >= 4 is 28.2 Å². The lowest BCUT2D eigenvalue weighted by atomic mass is 10.2. The van der Waals surface area contributed by atoms with Crippen molar-refractivity contribution in [3.05, 3.63) is 0 Å². The molecule has 0 saturated carbocycles. The number of rotatable bonds is 6. The molecule has 114 valence electrons. The van der Waals surface area contributed by atoms with E-state index in [1.54, 1.807) is 13.8 Å². The number of nitrogens with one attached hydrogen (secondary N) is 1. The van der Waals surface area contributed by atoms with E-state index in [4.69, 9.17) is 10.5 Å². The van der Waals surface area contributed by atoms with Crippen molar-refractivity contribution in [1.29, 1.82) is 0 Å². The Bertz CT molecular complexity index is 388. The molecule has 0 radical (unpaired) electrons. The zero-order chi connectivity index (χ0) is 13.8. The van der Waals surface area contributed by atoms with Crippen LogP contribution in [0, 0.1) is 0 Å². The zero-order valence-corrected chi connectivity index (χ0v) is 12.9. The fraction of sp³-hybridized carbons (Fsp3) is 0.909. The summed E-state index contributed by atoms with van der Waals surface area (Å²) in [4.78, 5) is 11.8. The highest BCUT2D eigenvalue weighted by molar-refractivity contribution is 7.91. The molecule has 1 aliphatic rings. The summed E-state index contributed by atoms with van der Waals surface area (Å²) in [7, 11) is -3.08. The smallest absolute Gasteiger partial charge is 0.249 e. The Hall–Kier alpha value is -0.370. The van der Waals surface area contributed by atoms with E-state index in [0.717, 1.165) is 6.42 Å². The second kappa shape index (κ2) is 8.04. The predicted molar refractivity (Wildman–Crippen MR) is 76.1 cm³/mol. The van der Waals surface area contributed by atoms with Crippen molar-refractivity contribution in [1.82, 2.24) is 5.32 Å². The maximum atomic E-state index is 11.8. The van der Waals surface area contributed by atoms with Gasteiger partial charge in [0.1, 0.15) is 6.10 Å². The van der Waals surface area contributed by atoms with Gasteiger partial charge in [-0.1, -0.05) is 6.92 Å². The Kier molecular flexibility index (Phi) is 7.88. The second-order valence-electron chi connectivity index (χ2n) is 4.67. The Morgan fingerprint density at radius 2 is 2.11 bits per heavy atom. The molecule has 19 heavy (non-hydrogen) atoms. The molecule has 1 aliphatic heterocycles. The summed E-state index contributed by atoms with van der Waals surface area (Å²) in [5.74, 6) is -0.199. The largest absolute Gasteiger partial charge is 0.364 e. The van der Waals surface area contributed by atoms with E-state index in [1.165, 1.54) is 0 Å². The van der Waals surface area contributed by atoms with Gasteiger partial charge in [-0.3, -0.25) is 4.79 Å². The van der Waals surface area contributed by atoms with Gasteiger partial charge in [-0.15, -0.1) is 12.4 Å². The number of nitrogens with two attached hydrogens (primary N) is 1. The number of ether oxygens (including phenoxy) is 1. The third kappa shape index (κ3) is 6.07. The first kappa shape index (κ1) is 18.6. The van der Waals surface area contributed by atoms with Crippen LogP contribution in [0.3, 0.4) is 0 Å². The summed E-state index contributed by atoms with van der Waals surface area (Å²) in [5.41, 5.74) is 5.46. The normalized spacial score (nSPS) is 24.6. The van der Waals surface area contributed by atoms with E-state index >= 15 is 0 Å². The number of carbonyl (C=O) groups excluding carboxylic acids is 1. The number of hydrogen-bond donors (Lipinski definition) is 2. The maximum absolute atomic E-state index is 11.8. The van der Waals surface area contributed by atoms with Gasteiger partial charge in [-0.2, -0.15) is 0 Å². The third-order valence-electron chi connectivity index (χ3n) is 3.00. The van der Waals surface area contributed by atoms with Crippen molar-refractivity contribution in [3.63, 3.8) is 0 Å². The molecule has 1 rings (SSSR count). The van der Waals surface area contributed by atoms with Crippen molar-refractivity contribution < 1.29 is 17.9 Å². The van der Waals surface area contributed by atoms with Gasteiger partial charge in [-0.25, -0.2) is 8.42 Å². The van der Waals surface area contributed by atoms with Gasteiger partial charge in [0.15, 0.2) is 9.84 Å². The van der Waals surface area contributed by atoms with Crippen LogP contribution in [0.1, 0.15) is 26.7 Å². The molecule has 3 atom stereocenters. The molecule has 1 heterocycles. The number of hydrogen-bond acceptors (Lipinski definition) is 5. The van der Waals surface area contributed by atoms with E-state index in [-0.39, 0.29) is 35.9 Å². The summed E-state index contributed by atoms with van der Waals surface area (Å²) < 4.78 is 28.3. The summed E-state index contributed by atoms with van der Waals surface area (Å²) in [6, 6.07) is -0.400. The van der Waals surface area contributed by atoms with Crippen molar-refractivity contribution in [2.24, 2.45) is 5.73 Å². The Morgan fingerprint density at radius 1 is 1.47 bits per heavy atom. The molecule has 1 amide bonds. The minimum Gasteiger partial charge on any atom is -0.364 e. The topological polar surface area (TPSA) is 98.5 Å². The SMILES string of the molecule is CCS(=O)(=O)CC(C)NC(=O)[C@@H]1CC[C@H](CN)O1.Cl. The van der Waals surface area contributed by atoms with Crippen LogP contribution in [0.15, 0.2) is 0 Å². The highest BCUT2D eigenvalue weighted by Gasteiger charge is 2.30. The summed E-state index contributed by atoms with van der Waals surface area (Å²) in [5, 5.41) is 2.67. The molecule has 0 aromatic rings. The molecular weight excluding hydrogens is 292 g/mol. The number of sulfone groups is 1. The summed E-state index contributed by atoms with van der Waals surface area (Å²) in [6.07, 6.45) is 0.859. The molecule has 0 bridgehead atoms. The number of halogens is 1. The Labute approximate surface area is 120 Å². The molecular formula is C11H23ClN2O4S. The minimum absolute atomic E-state index is 0. The maximum Gasteiger partial charge on any atom is 0.249 e. The molecule has 3 N–H and O–H groups in total. The lowest BCUT2D eigenvalue weighted by Gasteiger charge is -2.17. The van der Waals surface area contributed by atoms with Crippen LogP contribution in [-0.2, 0) is 19.4 Å². The number of carbonyl (C=O) groups is 1. The monoisotopic (exact) mass is 314 g/mol. The van der Waals surface area contributed by atoms with E-state index in [1.807, 2.05) is 0 Å². The predicted octanol–water partition coefficient (Wildman–Crippen LogP) is -0.146. The van der Waals surface area contributed by atoms with Crippen LogP contribution < -0.4 is 11.1 Å². The first-order chi connectivity index (χ1) is 8.38. The summed E-state index contributed by atoms with van der Waals surface area (Å²) >= 11 is 0. The van der Waals surface area contributed by atoms with Crippen LogP contribution >= 0.6 is 12.4 Å². The average Bonchev–Trinajstić information content (AvgIpc) is 2.76. The highest BCUT2D eigenvalue weighted by Crippen LogP contribution is 2.18. The van der Waals surface area contributed by atoms with Crippen molar-refractivity contribution in [2.75, 3.05) is 18.1 Å². The fourth-order valence-corrected chi connectivity index (χ4v) is 3.03. The molecule has 0 aromatic heterocycles. The van der Waals surface area contributed by atoms with Crippen molar-refractivity contribution in [3.8, 4) is 0 Å². The van der Waals surface area contributed by atoms with Gasteiger partial charge in [0, 0.05) is 18.3 Å². The average molecular weight is 315 g/mol. The Balaban J connectivity index is 0.00000324. The summed E-state index contributed by atoms with van der Waals surface area (Å²) in [6.45, 7) is 3.68. The molecule has 1 unspecified atom stereocenters. The molecule has 1 saturated heterocycles. The first-order valence-corrected chi connectivity index (χ1v) is 8.06. The van der Waals surface area contributed by atoms with Crippen LogP contribution in [0.5, 0.6) is 0 Å². The van der Waals surface area contributed by atoms with Crippen LogP contribution in [0.2, 0.25) is 0 Å². The Morgan fingerprint density at radius 3 is 2.58 bits per heavy atom. The van der Waals surface area contributed by atoms with E-state index in [2.05, 4.69) is 5.32 Å². The highest BCUT2D eigenvalue weighted by atomic mass is 35.5. The minimum atomic E-state index is -3.08. The standard InChI is InChI=1S/C11H22N2O4S.ClH/c1-3-18(15,16)7-8(2)13-11(14)10-5-4-9(6-12)17-10;/h8-10H,3-7,12H2,1-2H3,(H,13,14);1H/t8?,9-,10+;/m1./s1. The van der Waals surface area contributed by atoms with Crippen LogP contribution in [0.4, 0.5) is 0 Å². The molecule has 0 aliphatic carbocycles.